The molecule has 20 heavy (non-hydrogen) atoms. The van der Waals surface area contributed by atoms with E-state index in [9.17, 15) is 14.4 Å². The van der Waals surface area contributed by atoms with Crippen LogP contribution in [-0.2, 0) is 14.4 Å². The molecule has 2 amide bonds. The van der Waals surface area contributed by atoms with Crippen molar-refractivity contribution < 1.29 is 19.5 Å². The van der Waals surface area contributed by atoms with Crippen molar-refractivity contribution in [3.8, 4) is 0 Å². The first-order valence-electron chi connectivity index (χ1n) is 6.40. The maximum atomic E-state index is 11.8. The summed E-state index contributed by atoms with van der Waals surface area (Å²) in [5.41, 5.74) is 10.9. The Bertz CT molecular complexity index is 402. The van der Waals surface area contributed by atoms with E-state index in [2.05, 4.69) is 5.32 Å². The molecule has 0 aromatic rings. The first kappa shape index (κ1) is 16.1. The van der Waals surface area contributed by atoms with Gasteiger partial charge in [0, 0.05) is 37.8 Å². The van der Waals surface area contributed by atoms with Gasteiger partial charge in [-0.3, -0.25) is 9.59 Å². The third-order valence-corrected chi connectivity index (χ3v) is 3.10. The van der Waals surface area contributed by atoms with Crippen molar-refractivity contribution in [3.05, 3.63) is 12.2 Å². The minimum absolute atomic E-state index is 0.0703. The molecule has 1 rings (SSSR count). The van der Waals surface area contributed by atoms with Crippen molar-refractivity contribution in [3.63, 3.8) is 0 Å². The Morgan fingerprint density at radius 1 is 1.30 bits per heavy atom. The molecular formula is C12H20N4O4. The molecular weight excluding hydrogens is 264 g/mol. The lowest BCUT2D eigenvalue weighted by Crippen LogP contribution is -2.52. The topological polar surface area (TPSA) is 139 Å². The van der Waals surface area contributed by atoms with Crippen LogP contribution in [0.1, 0.15) is 12.8 Å². The average Bonchev–Trinajstić information content (AvgIpc) is 2.44. The number of rotatable bonds is 5. The Kier molecular flexibility index (Phi) is 6.13. The molecule has 1 heterocycles. The van der Waals surface area contributed by atoms with E-state index >= 15 is 0 Å². The van der Waals surface area contributed by atoms with Crippen molar-refractivity contribution in [1.82, 2.24) is 10.2 Å². The highest BCUT2D eigenvalue weighted by Gasteiger charge is 2.26. The Balaban J connectivity index is 2.37. The number of nitrogens with one attached hydrogen (secondary N) is 1. The number of aliphatic carboxylic acids is 1. The van der Waals surface area contributed by atoms with Crippen LogP contribution in [0.15, 0.2) is 12.2 Å². The number of amides is 2. The lowest BCUT2D eigenvalue weighted by molar-refractivity contribution is -0.134. The molecule has 1 aliphatic rings. The summed E-state index contributed by atoms with van der Waals surface area (Å²) < 4.78 is 0. The zero-order chi connectivity index (χ0) is 15.1. The summed E-state index contributed by atoms with van der Waals surface area (Å²) in [4.78, 5) is 35.1. The fourth-order valence-corrected chi connectivity index (χ4v) is 1.98. The molecule has 8 nitrogen and oxygen atoms in total. The smallest absolute Gasteiger partial charge is 0.328 e. The molecule has 0 radical (unpaired) electrons. The highest BCUT2D eigenvalue weighted by Crippen LogP contribution is 2.11. The zero-order valence-electron chi connectivity index (χ0n) is 11.1. The molecule has 0 spiro atoms. The van der Waals surface area contributed by atoms with Gasteiger partial charge in [0.2, 0.25) is 11.8 Å². The molecule has 1 atom stereocenters. The van der Waals surface area contributed by atoms with Crippen LogP contribution in [-0.4, -0.2) is 59.5 Å². The molecule has 0 aliphatic carbocycles. The molecule has 112 valence electrons. The number of nitrogens with two attached hydrogens (primary N) is 2. The second-order valence-corrected chi connectivity index (χ2v) is 4.62. The molecule has 1 fully saturated rings. The molecule has 8 heteroatoms. The number of hydrogen-bond donors (Lipinski definition) is 4. The van der Waals surface area contributed by atoms with Crippen LogP contribution >= 0.6 is 0 Å². The quantitative estimate of drug-likeness (QED) is 0.431. The van der Waals surface area contributed by atoms with Crippen LogP contribution in [0, 0.1) is 0 Å². The van der Waals surface area contributed by atoms with Gasteiger partial charge in [-0.15, -0.1) is 0 Å². The normalized spacial score (nSPS) is 18.0. The number of carboxylic acids is 1. The van der Waals surface area contributed by atoms with E-state index in [-0.39, 0.29) is 18.5 Å². The fraction of sp³-hybridized carbons (Fsp3) is 0.583. The molecule has 0 saturated carbocycles. The predicted octanol–water partition coefficient (Wildman–Crippen LogP) is -1.98. The third-order valence-electron chi connectivity index (χ3n) is 3.10. The third kappa shape index (κ3) is 4.98. The summed E-state index contributed by atoms with van der Waals surface area (Å²) in [5.74, 6) is -1.80. The van der Waals surface area contributed by atoms with E-state index < -0.39 is 17.9 Å². The van der Waals surface area contributed by atoms with Crippen molar-refractivity contribution in [2.75, 3.05) is 19.6 Å². The first-order chi connectivity index (χ1) is 9.43. The molecule has 6 N–H and O–H groups in total. The van der Waals surface area contributed by atoms with Gasteiger partial charge < -0.3 is 26.8 Å². The molecule has 0 aromatic carbocycles. The summed E-state index contributed by atoms with van der Waals surface area (Å²) in [6.45, 7) is 1.11. The van der Waals surface area contributed by atoms with Crippen LogP contribution < -0.4 is 16.8 Å². The number of piperidine rings is 1. The number of carboxylic acid groups (broad SMARTS) is 1. The highest BCUT2D eigenvalue weighted by atomic mass is 16.4. The van der Waals surface area contributed by atoms with Crippen LogP contribution in [0.5, 0.6) is 0 Å². The molecule has 0 unspecified atom stereocenters. The average molecular weight is 284 g/mol. The molecule has 1 saturated heterocycles. The van der Waals surface area contributed by atoms with E-state index in [1.807, 2.05) is 0 Å². The Morgan fingerprint density at radius 2 is 1.90 bits per heavy atom. The van der Waals surface area contributed by atoms with Gasteiger partial charge in [-0.25, -0.2) is 4.79 Å². The van der Waals surface area contributed by atoms with Crippen LogP contribution in [0.3, 0.4) is 0 Å². The number of hydrogen-bond acceptors (Lipinski definition) is 5. The highest BCUT2D eigenvalue weighted by molar-refractivity contribution is 5.94. The number of carbonyl (C=O) groups excluding carboxylic acids is 2. The maximum Gasteiger partial charge on any atom is 0.328 e. The van der Waals surface area contributed by atoms with Crippen molar-refractivity contribution in [2.24, 2.45) is 11.5 Å². The second kappa shape index (κ2) is 7.61. The molecule has 0 bridgehead atoms. The van der Waals surface area contributed by atoms with Crippen molar-refractivity contribution >= 4 is 17.8 Å². The van der Waals surface area contributed by atoms with Gasteiger partial charge in [-0.2, -0.15) is 0 Å². The van der Waals surface area contributed by atoms with Gasteiger partial charge in [0.25, 0.3) is 0 Å². The summed E-state index contributed by atoms with van der Waals surface area (Å²) in [5, 5.41) is 11.1. The van der Waals surface area contributed by atoms with E-state index in [1.54, 1.807) is 4.90 Å². The van der Waals surface area contributed by atoms with Crippen LogP contribution in [0.2, 0.25) is 0 Å². The Labute approximate surface area is 116 Å². The van der Waals surface area contributed by atoms with Crippen molar-refractivity contribution in [1.29, 1.82) is 0 Å². The summed E-state index contributed by atoms with van der Waals surface area (Å²) >= 11 is 0. The Hall–Kier alpha value is -1.93. The van der Waals surface area contributed by atoms with Gasteiger partial charge in [-0.1, -0.05) is 0 Å². The summed E-state index contributed by atoms with van der Waals surface area (Å²) in [6, 6.07) is -0.751. The van der Waals surface area contributed by atoms with Crippen LogP contribution in [0.25, 0.3) is 0 Å². The maximum absolute atomic E-state index is 11.8. The SMILES string of the molecule is NC[C@@H](N)C(=O)N1CCC(NC(=O)/C=C/C(=O)O)CC1. The summed E-state index contributed by atoms with van der Waals surface area (Å²) in [6.07, 6.45) is 2.98. The minimum Gasteiger partial charge on any atom is -0.478 e. The summed E-state index contributed by atoms with van der Waals surface area (Å²) in [7, 11) is 0. The fourth-order valence-electron chi connectivity index (χ4n) is 1.98. The van der Waals surface area contributed by atoms with Gasteiger partial charge in [-0.05, 0) is 12.8 Å². The number of nitrogens with zero attached hydrogens (tertiary/aromatic N) is 1. The van der Waals surface area contributed by atoms with Gasteiger partial charge >= 0.3 is 5.97 Å². The minimum atomic E-state index is -1.17. The van der Waals surface area contributed by atoms with Gasteiger partial charge in [0.1, 0.15) is 0 Å². The van der Waals surface area contributed by atoms with E-state index in [4.69, 9.17) is 16.6 Å². The predicted molar refractivity (Wildman–Crippen MR) is 71.6 cm³/mol. The monoisotopic (exact) mass is 284 g/mol. The molecule has 0 aromatic heterocycles. The van der Waals surface area contributed by atoms with E-state index in [0.717, 1.165) is 12.2 Å². The van der Waals surface area contributed by atoms with E-state index in [0.29, 0.717) is 25.9 Å². The standard InChI is InChI=1S/C12H20N4O4/c13-7-9(14)12(20)16-5-3-8(4-6-16)15-10(17)1-2-11(18)19/h1-2,8-9H,3-7,13-14H2,(H,15,17)(H,18,19)/b2-1+/t9-/m1/s1. The van der Waals surface area contributed by atoms with Gasteiger partial charge in [0.15, 0.2) is 0 Å². The van der Waals surface area contributed by atoms with E-state index in [1.165, 1.54) is 0 Å². The largest absolute Gasteiger partial charge is 0.478 e. The first-order valence-corrected chi connectivity index (χ1v) is 6.40. The van der Waals surface area contributed by atoms with Crippen LogP contribution in [0.4, 0.5) is 0 Å². The molecule has 1 aliphatic heterocycles. The second-order valence-electron chi connectivity index (χ2n) is 4.62. The van der Waals surface area contributed by atoms with Crippen molar-refractivity contribution in [2.45, 2.75) is 24.9 Å². The number of carbonyl (C=O) groups is 3. The van der Waals surface area contributed by atoms with Gasteiger partial charge in [0.05, 0.1) is 6.04 Å². The lowest BCUT2D eigenvalue weighted by atomic mass is 10.0. The lowest BCUT2D eigenvalue weighted by Gasteiger charge is -2.33. The Morgan fingerprint density at radius 3 is 2.40 bits per heavy atom. The number of likely N-dealkylation sites (tertiary alicyclic amines) is 1. The zero-order valence-corrected chi connectivity index (χ0v) is 11.1.